The summed E-state index contributed by atoms with van der Waals surface area (Å²) < 4.78 is 119. The lowest BCUT2D eigenvalue weighted by Crippen LogP contribution is -2.38. The molecule has 5 nitrogen and oxygen atoms in total. The van der Waals surface area contributed by atoms with Crippen molar-refractivity contribution in [3.63, 3.8) is 0 Å². The van der Waals surface area contributed by atoms with E-state index in [1.807, 2.05) is 0 Å². The zero-order valence-electron chi connectivity index (χ0n) is 18.9. The van der Waals surface area contributed by atoms with E-state index < -0.39 is 45.3 Å². The molecule has 0 fully saturated rings. The molecule has 0 bridgehead atoms. The van der Waals surface area contributed by atoms with E-state index in [0.717, 1.165) is 24.3 Å². The predicted molar refractivity (Wildman–Crippen MR) is 123 cm³/mol. The number of carbonyl (C=O) groups is 1. The number of nitrogens with one attached hydrogen (secondary N) is 1. The summed E-state index contributed by atoms with van der Waals surface area (Å²) in [5.41, 5.74) is -4.79. The molecule has 1 aliphatic rings. The second-order valence-corrected chi connectivity index (χ2v) is 10.9. The first-order chi connectivity index (χ1) is 17.6. The highest BCUT2D eigenvalue weighted by atomic mass is 32.2. The van der Waals surface area contributed by atoms with E-state index in [2.05, 4.69) is 4.74 Å². The van der Waals surface area contributed by atoms with E-state index in [4.69, 9.17) is 0 Å². The van der Waals surface area contributed by atoms with E-state index in [1.165, 1.54) is 36.4 Å². The molecule has 1 aliphatic carbocycles. The van der Waals surface area contributed by atoms with Crippen molar-refractivity contribution >= 4 is 27.6 Å². The Hall–Kier alpha value is -3.10. The van der Waals surface area contributed by atoms with E-state index in [9.17, 15) is 43.9 Å². The Morgan fingerprint density at radius 2 is 1.66 bits per heavy atom. The monoisotopic (exact) mass is 579 g/mol. The van der Waals surface area contributed by atoms with Gasteiger partial charge in [0.2, 0.25) is 0 Å². The Kier molecular flexibility index (Phi) is 7.51. The van der Waals surface area contributed by atoms with E-state index in [-0.39, 0.29) is 39.3 Å². The summed E-state index contributed by atoms with van der Waals surface area (Å²) in [5.74, 6) is -1.94. The summed E-state index contributed by atoms with van der Waals surface area (Å²) >= 11 is 0.712. The number of fused-ring (bicyclic) bond motifs is 1. The zero-order valence-corrected chi connectivity index (χ0v) is 20.5. The van der Waals surface area contributed by atoms with Crippen LogP contribution in [0.3, 0.4) is 0 Å². The number of carbonyl (C=O) groups excluding carboxylic acids is 1. The molecule has 1 atom stereocenters. The van der Waals surface area contributed by atoms with Gasteiger partial charge in [-0.1, -0.05) is 36.0 Å². The van der Waals surface area contributed by atoms with Crippen molar-refractivity contribution in [3.05, 3.63) is 88.7 Å². The molecular formula is C24H16F7NO4S2. The van der Waals surface area contributed by atoms with Crippen LogP contribution in [0, 0.1) is 5.82 Å². The maximum absolute atomic E-state index is 14.2. The number of alkyl halides is 6. The Bertz CT molecular complexity index is 1490. The second kappa shape index (κ2) is 10.2. The average molecular weight is 580 g/mol. The van der Waals surface area contributed by atoms with Crippen molar-refractivity contribution in [2.75, 3.05) is 0 Å². The first-order valence-corrected chi connectivity index (χ1v) is 13.0. The maximum atomic E-state index is 14.2. The highest BCUT2D eigenvalue weighted by molar-refractivity contribution is 7.99. The number of ether oxygens (including phenoxy) is 1. The summed E-state index contributed by atoms with van der Waals surface area (Å²) in [5, 5.41) is 0. The van der Waals surface area contributed by atoms with Gasteiger partial charge in [0.15, 0.2) is 5.78 Å². The van der Waals surface area contributed by atoms with E-state index in [1.54, 1.807) is 4.72 Å². The summed E-state index contributed by atoms with van der Waals surface area (Å²) in [6.45, 7) is 0. The van der Waals surface area contributed by atoms with Gasteiger partial charge in [0.1, 0.15) is 11.6 Å². The first-order valence-electron chi connectivity index (χ1n) is 10.7. The van der Waals surface area contributed by atoms with Gasteiger partial charge >= 0.3 is 21.9 Å². The number of aryl methyl sites for hydroxylation is 1. The van der Waals surface area contributed by atoms with Gasteiger partial charge in [-0.2, -0.15) is 17.9 Å². The molecule has 14 heteroatoms. The Morgan fingerprint density at radius 3 is 2.32 bits per heavy atom. The molecule has 0 amide bonds. The number of halogens is 7. The van der Waals surface area contributed by atoms with Crippen molar-refractivity contribution in [1.82, 2.24) is 4.72 Å². The maximum Gasteiger partial charge on any atom is 0.573 e. The molecule has 0 aromatic heterocycles. The third kappa shape index (κ3) is 6.13. The lowest BCUT2D eigenvalue weighted by Gasteiger charge is -2.16. The third-order valence-electron chi connectivity index (χ3n) is 5.57. The van der Waals surface area contributed by atoms with Gasteiger partial charge in [0.25, 0.3) is 0 Å². The van der Waals surface area contributed by atoms with Gasteiger partial charge in [0.05, 0.1) is 0 Å². The highest BCUT2D eigenvalue weighted by Crippen LogP contribution is 2.38. The average Bonchev–Trinajstić information content (AvgIpc) is 3.20. The molecule has 0 aliphatic heterocycles. The Labute approximate surface area is 216 Å². The molecule has 1 N–H and O–H groups in total. The van der Waals surface area contributed by atoms with Gasteiger partial charge in [-0.05, 0) is 60.4 Å². The van der Waals surface area contributed by atoms with Gasteiger partial charge in [-0.25, -0.2) is 12.8 Å². The lowest BCUT2D eigenvalue weighted by molar-refractivity contribution is -0.274. The van der Waals surface area contributed by atoms with Gasteiger partial charge in [-0.3, -0.25) is 4.79 Å². The Balaban J connectivity index is 1.67. The molecule has 3 aromatic carbocycles. The molecule has 0 spiro atoms. The van der Waals surface area contributed by atoms with Crippen LogP contribution in [0.5, 0.6) is 5.75 Å². The molecule has 3 aromatic rings. The molecular weight excluding hydrogens is 563 g/mol. The Morgan fingerprint density at radius 1 is 0.947 bits per heavy atom. The van der Waals surface area contributed by atoms with Gasteiger partial charge in [-0.15, -0.1) is 13.2 Å². The molecule has 0 saturated heterocycles. The molecule has 0 saturated carbocycles. The van der Waals surface area contributed by atoms with Crippen LogP contribution in [0.15, 0.2) is 70.5 Å². The van der Waals surface area contributed by atoms with Crippen LogP contribution in [0.4, 0.5) is 30.7 Å². The van der Waals surface area contributed by atoms with Crippen LogP contribution in [0.1, 0.15) is 39.5 Å². The SMILES string of the molecule is O=C(c1ccc2c(c1)CCC2NS(=O)(=O)C(F)(F)F)c1ccc(OC(F)(F)F)cc1Sc1ccccc1F. The van der Waals surface area contributed by atoms with Crippen LogP contribution in [-0.2, 0) is 16.4 Å². The largest absolute Gasteiger partial charge is 0.573 e. The number of benzene rings is 3. The quantitative estimate of drug-likeness (QED) is 0.255. The fraction of sp³-hybridized carbons (Fsp3) is 0.208. The van der Waals surface area contributed by atoms with E-state index >= 15 is 0 Å². The van der Waals surface area contributed by atoms with Crippen molar-refractivity contribution in [3.8, 4) is 5.75 Å². The van der Waals surface area contributed by atoms with Crippen molar-refractivity contribution < 1.29 is 48.7 Å². The minimum absolute atomic E-state index is 0.0279. The molecule has 38 heavy (non-hydrogen) atoms. The van der Waals surface area contributed by atoms with Gasteiger partial charge < -0.3 is 4.74 Å². The fourth-order valence-electron chi connectivity index (χ4n) is 3.91. The van der Waals surface area contributed by atoms with Crippen molar-refractivity contribution in [2.24, 2.45) is 0 Å². The number of hydrogen-bond acceptors (Lipinski definition) is 5. The molecule has 0 heterocycles. The van der Waals surface area contributed by atoms with Gasteiger partial charge in [0, 0.05) is 27.0 Å². The van der Waals surface area contributed by atoms with Crippen LogP contribution >= 0.6 is 11.8 Å². The minimum atomic E-state index is -5.59. The smallest absolute Gasteiger partial charge is 0.406 e. The first kappa shape index (κ1) is 27.9. The van der Waals surface area contributed by atoms with Crippen molar-refractivity contribution in [2.45, 2.75) is 40.5 Å². The van der Waals surface area contributed by atoms with Crippen LogP contribution in [-0.4, -0.2) is 26.1 Å². The minimum Gasteiger partial charge on any atom is -0.406 e. The summed E-state index contributed by atoms with van der Waals surface area (Å²) in [6.07, 6.45) is -4.80. The number of rotatable bonds is 7. The topological polar surface area (TPSA) is 72.5 Å². The normalized spacial score (nSPS) is 15.8. The molecule has 4 rings (SSSR count). The van der Waals surface area contributed by atoms with Crippen LogP contribution in [0.25, 0.3) is 0 Å². The lowest BCUT2D eigenvalue weighted by atomic mass is 9.98. The predicted octanol–water partition coefficient (Wildman–Crippen LogP) is 6.53. The van der Waals surface area contributed by atoms with Crippen LogP contribution in [0.2, 0.25) is 0 Å². The standard InChI is InChI=1S/C24H16F7NO4S2/c25-18-3-1-2-4-20(18)37-21-12-15(36-23(26,27)28)7-9-17(21)22(33)14-5-8-16-13(11-14)6-10-19(16)32-38(34,35)24(29,30)31/h1-5,7-9,11-12,19,32H,6,10H2. The summed E-state index contributed by atoms with van der Waals surface area (Å²) in [7, 11) is -5.59. The number of ketones is 1. The molecule has 202 valence electrons. The number of hydrogen-bond donors (Lipinski definition) is 1. The van der Waals surface area contributed by atoms with E-state index in [0.29, 0.717) is 17.3 Å². The third-order valence-corrected chi connectivity index (χ3v) is 7.89. The number of sulfonamides is 1. The molecule has 1 unspecified atom stereocenters. The second-order valence-electron chi connectivity index (χ2n) is 8.14. The summed E-state index contributed by atoms with van der Waals surface area (Å²) in [4.78, 5) is 13.4. The summed E-state index contributed by atoms with van der Waals surface area (Å²) in [6, 6.07) is 11.3. The highest BCUT2D eigenvalue weighted by Gasteiger charge is 2.47. The van der Waals surface area contributed by atoms with Crippen LogP contribution < -0.4 is 9.46 Å². The zero-order chi connectivity index (χ0) is 27.9. The fourth-order valence-corrected chi connectivity index (χ4v) is 5.66. The van der Waals surface area contributed by atoms with Crippen molar-refractivity contribution in [1.29, 1.82) is 0 Å². The molecule has 0 radical (unpaired) electrons.